The minimum atomic E-state index is -0.510. The summed E-state index contributed by atoms with van der Waals surface area (Å²) >= 11 is 0. The molecule has 148 valence electrons. The van der Waals surface area contributed by atoms with Crippen molar-refractivity contribution in [3.63, 3.8) is 0 Å². The highest BCUT2D eigenvalue weighted by atomic mass is 16.6. The lowest BCUT2D eigenvalue weighted by molar-refractivity contribution is -0.115. The molecular weight excluding hydrogens is 358 g/mol. The minimum absolute atomic E-state index is 0.110. The highest BCUT2D eigenvalue weighted by Crippen LogP contribution is 2.27. The summed E-state index contributed by atoms with van der Waals surface area (Å²) in [4.78, 5) is 30.1. The van der Waals surface area contributed by atoms with E-state index in [-0.39, 0.29) is 24.3 Å². The third-order valence-electron chi connectivity index (χ3n) is 4.28. The number of hydrogen-bond donors (Lipinski definition) is 1. The number of nitrogens with one attached hydrogen (secondary N) is 1. The van der Waals surface area contributed by atoms with E-state index >= 15 is 0 Å². The van der Waals surface area contributed by atoms with Gasteiger partial charge in [0.2, 0.25) is 5.91 Å². The van der Waals surface area contributed by atoms with Crippen molar-refractivity contribution in [3.05, 3.63) is 47.9 Å². The summed E-state index contributed by atoms with van der Waals surface area (Å²) in [6.07, 6.45) is 2.33. The molecule has 3 rings (SSSR count). The average molecular weight is 383 g/mol. The number of likely N-dealkylation sites (tertiary alicyclic amines) is 1. The average Bonchev–Trinajstić information content (AvgIpc) is 3.12. The Morgan fingerprint density at radius 3 is 2.68 bits per heavy atom. The predicted molar refractivity (Wildman–Crippen MR) is 104 cm³/mol. The molecule has 8 nitrogen and oxygen atoms in total. The Labute approximate surface area is 164 Å². The van der Waals surface area contributed by atoms with Crippen LogP contribution in [0.15, 0.2) is 36.5 Å². The number of pyridine rings is 1. The van der Waals surface area contributed by atoms with E-state index in [4.69, 9.17) is 4.74 Å². The first-order valence-electron chi connectivity index (χ1n) is 9.31. The van der Waals surface area contributed by atoms with Gasteiger partial charge in [0.05, 0.1) is 12.1 Å². The van der Waals surface area contributed by atoms with Gasteiger partial charge in [-0.2, -0.15) is 5.10 Å². The number of hydrogen-bond acceptors (Lipinski definition) is 6. The largest absolute Gasteiger partial charge is 0.444 e. The standard InChI is InChI=1S/C20H25N5O3/c1-20(2,3)28-19(27)25-11-9-14(13-25)16-7-8-17(24-23-16)22-18(26)12-15-6-4-5-10-21-15/h4-8,10,14H,9,11-13H2,1-3H3,(H,22,24,26). The van der Waals surface area contributed by atoms with Gasteiger partial charge in [0.1, 0.15) is 5.60 Å². The predicted octanol–water partition coefficient (Wildman–Crippen LogP) is 2.78. The molecule has 0 spiro atoms. The van der Waals surface area contributed by atoms with Crippen LogP contribution >= 0.6 is 0 Å². The first-order chi connectivity index (χ1) is 13.3. The smallest absolute Gasteiger partial charge is 0.410 e. The highest BCUT2D eigenvalue weighted by Gasteiger charge is 2.31. The molecule has 0 bridgehead atoms. The van der Waals surface area contributed by atoms with Crippen molar-refractivity contribution in [2.75, 3.05) is 18.4 Å². The van der Waals surface area contributed by atoms with Gasteiger partial charge in [-0.25, -0.2) is 4.79 Å². The third kappa shape index (κ3) is 5.48. The first kappa shape index (κ1) is 19.7. The normalized spacial score (nSPS) is 16.7. The zero-order valence-electron chi connectivity index (χ0n) is 16.4. The lowest BCUT2D eigenvalue weighted by atomic mass is 10.1. The second-order valence-corrected chi connectivity index (χ2v) is 7.80. The molecule has 8 heteroatoms. The zero-order valence-corrected chi connectivity index (χ0v) is 16.4. The number of carbonyl (C=O) groups excluding carboxylic acids is 2. The molecule has 2 amide bonds. The summed E-state index contributed by atoms with van der Waals surface area (Å²) in [7, 11) is 0. The van der Waals surface area contributed by atoms with E-state index in [1.165, 1.54) is 0 Å². The Kier molecular flexibility index (Phi) is 5.87. The van der Waals surface area contributed by atoms with Crippen molar-refractivity contribution in [1.82, 2.24) is 20.1 Å². The Balaban J connectivity index is 1.53. The third-order valence-corrected chi connectivity index (χ3v) is 4.28. The molecule has 1 aliphatic rings. The van der Waals surface area contributed by atoms with E-state index in [0.29, 0.717) is 24.6 Å². The summed E-state index contributed by atoms with van der Waals surface area (Å²) in [5.41, 5.74) is 0.982. The summed E-state index contributed by atoms with van der Waals surface area (Å²) in [6, 6.07) is 9.01. The zero-order chi connectivity index (χ0) is 20.1. The van der Waals surface area contributed by atoms with Crippen LogP contribution < -0.4 is 5.32 Å². The van der Waals surface area contributed by atoms with Gasteiger partial charge >= 0.3 is 6.09 Å². The summed E-state index contributed by atoms with van der Waals surface area (Å²) < 4.78 is 5.42. The van der Waals surface area contributed by atoms with Crippen LogP contribution in [-0.4, -0.2) is 50.8 Å². The van der Waals surface area contributed by atoms with Gasteiger partial charge in [-0.15, -0.1) is 5.10 Å². The number of anilines is 1. The van der Waals surface area contributed by atoms with Crippen molar-refractivity contribution in [1.29, 1.82) is 0 Å². The van der Waals surface area contributed by atoms with Gasteiger partial charge in [0.15, 0.2) is 5.82 Å². The van der Waals surface area contributed by atoms with Gasteiger partial charge in [-0.05, 0) is 51.5 Å². The maximum atomic E-state index is 12.2. The number of aromatic nitrogens is 3. The SMILES string of the molecule is CC(C)(C)OC(=O)N1CCC(c2ccc(NC(=O)Cc3ccccn3)nn2)C1. The number of amides is 2. The Bertz CT molecular complexity index is 818. The van der Waals surface area contributed by atoms with Crippen LogP contribution in [0.25, 0.3) is 0 Å². The maximum Gasteiger partial charge on any atom is 0.410 e. The van der Waals surface area contributed by atoms with E-state index in [0.717, 1.165) is 12.1 Å². The highest BCUT2D eigenvalue weighted by molar-refractivity contribution is 5.91. The summed E-state index contributed by atoms with van der Waals surface area (Å²) in [6.45, 7) is 6.74. The molecule has 0 aliphatic carbocycles. The molecule has 0 radical (unpaired) electrons. The van der Waals surface area contributed by atoms with Crippen molar-refractivity contribution < 1.29 is 14.3 Å². The number of rotatable bonds is 4. The first-order valence-corrected chi connectivity index (χ1v) is 9.31. The minimum Gasteiger partial charge on any atom is -0.444 e. The van der Waals surface area contributed by atoms with E-state index in [2.05, 4.69) is 20.5 Å². The number of ether oxygens (including phenoxy) is 1. The van der Waals surface area contributed by atoms with Gasteiger partial charge in [-0.1, -0.05) is 6.07 Å². The molecule has 2 aromatic rings. The van der Waals surface area contributed by atoms with E-state index < -0.39 is 5.60 Å². The lowest BCUT2D eigenvalue weighted by Crippen LogP contribution is -2.35. The summed E-state index contributed by atoms with van der Waals surface area (Å²) in [5.74, 6) is 0.308. The molecule has 0 aromatic carbocycles. The fourth-order valence-corrected chi connectivity index (χ4v) is 2.98. The molecule has 0 saturated carbocycles. The second kappa shape index (κ2) is 8.33. The van der Waals surface area contributed by atoms with Gasteiger partial charge < -0.3 is 15.0 Å². The van der Waals surface area contributed by atoms with Crippen LogP contribution in [-0.2, 0) is 16.0 Å². The van der Waals surface area contributed by atoms with Crippen LogP contribution in [0.2, 0.25) is 0 Å². The topological polar surface area (TPSA) is 97.3 Å². The molecular formula is C20H25N5O3. The molecule has 1 saturated heterocycles. The second-order valence-electron chi connectivity index (χ2n) is 7.80. The monoisotopic (exact) mass is 383 g/mol. The van der Waals surface area contributed by atoms with Crippen molar-refractivity contribution >= 4 is 17.8 Å². The number of carbonyl (C=O) groups is 2. The van der Waals surface area contributed by atoms with E-state index in [9.17, 15) is 9.59 Å². The molecule has 1 unspecified atom stereocenters. The molecule has 28 heavy (non-hydrogen) atoms. The summed E-state index contributed by atoms with van der Waals surface area (Å²) in [5, 5.41) is 11.1. The van der Waals surface area contributed by atoms with Gasteiger partial charge in [0.25, 0.3) is 0 Å². The Hall–Kier alpha value is -3.03. The molecule has 1 atom stereocenters. The van der Waals surface area contributed by atoms with Crippen LogP contribution in [0.5, 0.6) is 0 Å². The van der Waals surface area contributed by atoms with Crippen LogP contribution in [0.4, 0.5) is 10.6 Å². The van der Waals surface area contributed by atoms with Crippen LogP contribution in [0, 0.1) is 0 Å². The van der Waals surface area contributed by atoms with E-state index in [1.807, 2.05) is 32.9 Å². The molecule has 1 fully saturated rings. The molecule has 3 heterocycles. The van der Waals surface area contributed by atoms with Gasteiger partial charge in [0, 0.05) is 30.9 Å². The fraction of sp³-hybridized carbons (Fsp3) is 0.450. The van der Waals surface area contributed by atoms with E-state index in [1.54, 1.807) is 29.3 Å². The fourth-order valence-electron chi connectivity index (χ4n) is 2.98. The Morgan fingerprint density at radius 2 is 2.04 bits per heavy atom. The van der Waals surface area contributed by atoms with Gasteiger partial charge in [-0.3, -0.25) is 9.78 Å². The van der Waals surface area contributed by atoms with Crippen molar-refractivity contribution in [2.45, 2.75) is 45.1 Å². The van der Waals surface area contributed by atoms with Crippen LogP contribution in [0.3, 0.4) is 0 Å². The van der Waals surface area contributed by atoms with Crippen LogP contribution in [0.1, 0.15) is 44.5 Å². The molecule has 2 aromatic heterocycles. The lowest BCUT2D eigenvalue weighted by Gasteiger charge is -2.24. The number of nitrogens with zero attached hydrogens (tertiary/aromatic N) is 4. The maximum absolute atomic E-state index is 12.2. The van der Waals surface area contributed by atoms with Crippen molar-refractivity contribution in [3.8, 4) is 0 Å². The Morgan fingerprint density at radius 1 is 1.21 bits per heavy atom. The molecule has 1 N–H and O–H groups in total. The molecule has 1 aliphatic heterocycles. The quantitative estimate of drug-likeness (QED) is 0.872. The van der Waals surface area contributed by atoms with Crippen molar-refractivity contribution in [2.24, 2.45) is 0 Å².